The lowest BCUT2D eigenvalue weighted by Crippen LogP contribution is -2.11. The lowest BCUT2D eigenvalue weighted by Gasteiger charge is -2.18. The van der Waals surface area contributed by atoms with Crippen LogP contribution in [-0.4, -0.2) is 14.8 Å². The third-order valence-electron chi connectivity index (χ3n) is 4.12. The largest absolute Gasteiger partial charge is 0.252 e. The molecular formula is C19H20ClN3. The predicted octanol–water partition coefficient (Wildman–Crippen LogP) is 4.66. The first-order valence-corrected chi connectivity index (χ1v) is 8.22. The molecular weight excluding hydrogens is 306 g/mol. The standard InChI is InChI=1S/C19H20ClN3/c1-15-2-7-17(8-3-15)18(12-23-14-21-13-22-23)9-4-16-5-10-19(20)11-6-16/h2-3,5-8,10-11,13-14,18H,4,9,12H2,1H3. The zero-order valence-electron chi connectivity index (χ0n) is 13.2. The van der Waals surface area contributed by atoms with Crippen LogP contribution in [0, 0.1) is 6.92 Å². The molecule has 0 N–H and O–H groups in total. The molecule has 0 aliphatic heterocycles. The van der Waals surface area contributed by atoms with Gasteiger partial charge in [0.05, 0.1) is 0 Å². The van der Waals surface area contributed by atoms with Crippen LogP contribution in [0.1, 0.15) is 29.0 Å². The summed E-state index contributed by atoms with van der Waals surface area (Å²) < 4.78 is 1.91. The normalized spacial score (nSPS) is 12.3. The Hall–Kier alpha value is -2.13. The number of aromatic nitrogens is 3. The van der Waals surface area contributed by atoms with Crippen molar-refractivity contribution in [2.24, 2.45) is 0 Å². The topological polar surface area (TPSA) is 30.7 Å². The van der Waals surface area contributed by atoms with E-state index in [-0.39, 0.29) is 0 Å². The number of hydrogen-bond donors (Lipinski definition) is 0. The molecule has 118 valence electrons. The van der Waals surface area contributed by atoms with Crippen LogP contribution in [0.25, 0.3) is 0 Å². The smallest absolute Gasteiger partial charge is 0.137 e. The van der Waals surface area contributed by atoms with Crippen LogP contribution in [0.4, 0.5) is 0 Å². The third kappa shape index (κ3) is 4.42. The van der Waals surface area contributed by atoms with E-state index in [0.717, 1.165) is 24.4 Å². The first kappa shape index (κ1) is 15.8. The summed E-state index contributed by atoms with van der Waals surface area (Å²) in [6, 6.07) is 16.9. The van der Waals surface area contributed by atoms with Gasteiger partial charge in [-0.15, -0.1) is 0 Å². The second kappa shape index (κ2) is 7.42. The third-order valence-corrected chi connectivity index (χ3v) is 4.37. The molecule has 0 saturated heterocycles. The van der Waals surface area contributed by atoms with E-state index in [0.29, 0.717) is 5.92 Å². The van der Waals surface area contributed by atoms with E-state index in [1.807, 2.05) is 16.8 Å². The molecule has 3 aromatic rings. The molecule has 0 aliphatic rings. The van der Waals surface area contributed by atoms with E-state index >= 15 is 0 Å². The number of hydrogen-bond acceptors (Lipinski definition) is 2. The highest BCUT2D eigenvalue weighted by Crippen LogP contribution is 2.24. The first-order chi connectivity index (χ1) is 11.2. The van der Waals surface area contributed by atoms with Crippen molar-refractivity contribution in [1.82, 2.24) is 14.8 Å². The summed E-state index contributed by atoms with van der Waals surface area (Å²) in [6.07, 6.45) is 5.45. The summed E-state index contributed by atoms with van der Waals surface area (Å²) in [5.74, 6) is 0.410. The number of benzene rings is 2. The molecule has 1 unspecified atom stereocenters. The number of aryl methyl sites for hydroxylation is 2. The Morgan fingerprint density at radius 3 is 2.43 bits per heavy atom. The number of halogens is 1. The minimum Gasteiger partial charge on any atom is -0.252 e. The fourth-order valence-corrected chi connectivity index (χ4v) is 2.87. The Morgan fingerprint density at radius 1 is 1.04 bits per heavy atom. The van der Waals surface area contributed by atoms with Crippen molar-refractivity contribution in [3.63, 3.8) is 0 Å². The molecule has 0 spiro atoms. The van der Waals surface area contributed by atoms with Crippen LogP contribution >= 0.6 is 11.6 Å². The highest BCUT2D eigenvalue weighted by Gasteiger charge is 2.13. The second-order valence-corrected chi connectivity index (χ2v) is 6.33. The predicted molar refractivity (Wildman–Crippen MR) is 93.7 cm³/mol. The molecule has 0 bridgehead atoms. The van der Waals surface area contributed by atoms with Gasteiger partial charge in [-0.05, 0) is 43.0 Å². The molecule has 0 fully saturated rings. The monoisotopic (exact) mass is 325 g/mol. The molecule has 1 atom stereocenters. The molecule has 0 saturated carbocycles. The lowest BCUT2D eigenvalue weighted by molar-refractivity contribution is 0.488. The van der Waals surface area contributed by atoms with Gasteiger partial charge in [-0.1, -0.05) is 53.6 Å². The van der Waals surface area contributed by atoms with E-state index in [4.69, 9.17) is 11.6 Å². The van der Waals surface area contributed by atoms with E-state index in [1.54, 1.807) is 12.7 Å². The second-order valence-electron chi connectivity index (χ2n) is 5.89. The zero-order chi connectivity index (χ0) is 16.1. The molecule has 1 aromatic heterocycles. The average molecular weight is 326 g/mol. The Bertz CT molecular complexity index is 718. The van der Waals surface area contributed by atoms with Crippen molar-refractivity contribution in [3.8, 4) is 0 Å². The Morgan fingerprint density at radius 2 is 1.78 bits per heavy atom. The average Bonchev–Trinajstić information content (AvgIpc) is 3.07. The summed E-state index contributed by atoms with van der Waals surface area (Å²) in [5, 5.41) is 5.04. The Balaban J connectivity index is 1.74. The molecule has 4 heteroatoms. The fourth-order valence-electron chi connectivity index (χ4n) is 2.75. The molecule has 1 heterocycles. The summed E-state index contributed by atoms with van der Waals surface area (Å²) in [7, 11) is 0. The summed E-state index contributed by atoms with van der Waals surface area (Å²) in [6.45, 7) is 2.96. The van der Waals surface area contributed by atoms with Crippen molar-refractivity contribution in [2.45, 2.75) is 32.2 Å². The molecule has 3 nitrogen and oxygen atoms in total. The lowest BCUT2D eigenvalue weighted by atomic mass is 9.92. The SMILES string of the molecule is Cc1ccc(C(CCc2ccc(Cl)cc2)Cn2cncn2)cc1. The van der Waals surface area contributed by atoms with Crippen molar-refractivity contribution < 1.29 is 0 Å². The van der Waals surface area contributed by atoms with Gasteiger partial charge in [0.1, 0.15) is 12.7 Å². The quantitative estimate of drug-likeness (QED) is 0.660. The number of nitrogens with zero attached hydrogens (tertiary/aromatic N) is 3. The van der Waals surface area contributed by atoms with Crippen LogP contribution in [0.3, 0.4) is 0 Å². The Labute approximate surface area is 142 Å². The van der Waals surface area contributed by atoms with Gasteiger partial charge in [-0.25, -0.2) is 4.98 Å². The van der Waals surface area contributed by atoms with Crippen LogP contribution < -0.4 is 0 Å². The van der Waals surface area contributed by atoms with Gasteiger partial charge in [-0.2, -0.15) is 5.10 Å². The summed E-state index contributed by atoms with van der Waals surface area (Å²) in [5.41, 5.74) is 3.94. The van der Waals surface area contributed by atoms with Gasteiger partial charge in [0.15, 0.2) is 0 Å². The number of rotatable bonds is 6. The molecule has 2 aromatic carbocycles. The van der Waals surface area contributed by atoms with Crippen molar-refractivity contribution in [2.75, 3.05) is 0 Å². The molecule has 0 aliphatic carbocycles. The summed E-state index contributed by atoms with van der Waals surface area (Å²) in [4.78, 5) is 4.05. The van der Waals surface area contributed by atoms with Gasteiger partial charge in [-0.3, -0.25) is 4.68 Å². The van der Waals surface area contributed by atoms with E-state index in [1.165, 1.54) is 16.7 Å². The summed E-state index contributed by atoms with van der Waals surface area (Å²) >= 11 is 5.96. The van der Waals surface area contributed by atoms with Gasteiger partial charge in [0.2, 0.25) is 0 Å². The van der Waals surface area contributed by atoms with Crippen molar-refractivity contribution in [3.05, 3.63) is 82.9 Å². The zero-order valence-corrected chi connectivity index (χ0v) is 13.9. The van der Waals surface area contributed by atoms with Crippen LogP contribution in [0.5, 0.6) is 0 Å². The van der Waals surface area contributed by atoms with E-state index in [2.05, 4.69) is 53.4 Å². The van der Waals surface area contributed by atoms with E-state index < -0.39 is 0 Å². The molecule has 0 radical (unpaired) electrons. The van der Waals surface area contributed by atoms with Crippen LogP contribution in [-0.2, 0) is 13.0 Å². The maximum absolute atomic E-state index is 5.96. The maximum atomic E-state index is 5.96. The highest BCUT2D eigenvalue weighted by molar-refractivity contribution is 6.30. The van der Waals surface area contributed by atoms with Gasteiger partial charge >= 0.3 is 0 Å². The first-order valence-electron chi connectivity index (χ1n) is 7.84. The van der Waals surface area contributed by atoms with Gasteiger partial charge in [0.25, 0.3) is 0 Å². The van der Waals surface area contributed by atoms with Crippen LogP contribution in [0.2, 0.25) is 5.02 Å². The van der Waals surface area contributed by atoms with Crippen molar-refractivity contribution in [1.29, 1.82) is 0 Å². The van der Waals surface area contributed by atoms with Crippen LogP contribution in [0.15, 0.2) is 61.2 Å². The molecule has 3 rings (SSSR count). The Kier molecular flexibility index (Phi) is 5.09. The van der Waals surface area contributed by atoms with Gasteiger partial charge in [0, 0.05) is 17.5 Å². The minimum absolute atomic E-state index is 0.410. The van der Waals surface area contributed by atoms with Crippen molar-refractivity contribution >= 4 is 11.6 Å². The molecule has 23 heavy (non-hydrogen) atoms. The van der Waals surface area contributed by atoms with E-state index in [9.17, 15) is 0 Å². The van der Waals surface area contributed by atoms with Gasteiger partial charge < -0.3 is 0 Å². The maximum Gasteiger partial charge on any atom is 0.137 e. The fraction of sp³-hybridized carbons (Fsp3) is 0.263. The molecule has 0 amide bonds. The highest BCUT2D eigenvalue weighted by atomic mass is 35.5. The minimum atomic E-state index is 0.410.